The van der Waals surface area contributed by atoms with Crippen LogP contribution in [0.25, 0.3) is 0 Å². The second kappa shape index (κ2) is 6.64. The Morgan fingerprint density at radius 2 is 1.83 bits per heavy atom. The third-order valence-electron chi connectivity index (χ3n) is 2.06. The van der Waals surface area contributed by atoms with E-state index in [1.165, 1.54) is 0 Å². The molecule has 0 radical (unpaired) electrons. The number of hydrogen-bond donors (Lipinski definition) is 2. The lowest BCUT2D eigenvalue weighted by Crippen LogP contribution is -2.18. The van der Waals surface area contributed by atoms with Crippen LogP contribution in [-0.4, -0.2) is 18.1 Å². The molecule has 98 valence electrons. The van der Waals surface area contributed by atoms with E-state index in [2.05, 4.69) is 10.6 Å². The number of carbonyl (C=O) groups is 2. The van der Waals surface area contributed by atoms with Crippen LogP contribution in [0.4, 0.5) is 16.2 Å². The van der Waals surface area contributed by atoms with Gasteiger partial charge in [-0.3, -0.25) is 10.1 Å². The molecule has 0 unspecified atom stereocenters. The molecule has 0 bridgehead atoms. The maximum atomic E-state index is 11.4. The van der Waals surface area contributed by atoms with Gasteiger partial charge in [0.15, 0.2) is 0 Å². The maximum absolute atomic E-state index is 11.4. The van der Waals surface area contributed by atoms with Gasteiger partial charge < -0.3 is 10.1 Å². The summed E-state index contributed by atoms with van der Waals surface area (Å²) in [5.74, 6) is -0.0723. The van der Waals surface area contributed by atoms with E-state index >= 15 is 0 Å². The molecule has 0 atom stereocenters. The van der Waals surface area contributed by atoms with Gasteiger partial charge in [0.1, 0.15) is 0 Å². The third-order valence-corrected chi connectivity index (χ3v) is 2.06. The monoisotopic (exact) mass is 250 g/mol. The minimum Gasteiger partial charge on any atom is -0.447 e. The van der Waals surface area contributed by atoms with Crippen LogP contribution in [-0.2, 0) is 9.53 Å². The Bertz CT molecular complexity index is 430. The topological polar surface area (TPSA) is 67.4 Å². The van der Waals surface area contributed by atoms with Gasteiger partial charge in [-0.2, -0.15) is 0 Å². The fourth-order valence-corrected chi connectivity index (χ4v) is 1.29. The summed E-state index contributed by atoms with van der Waals surface area (Å²) >= 11 is 0. The Kier molecular flexibility index (Phi) is 5.17. The second-order valence-electron chi connectivity index (χ2n) is 4.06. The first-order valence-electron chi connectivity index (χ1n) is 5.88. The summed E-state index contributed by atoms with van der Waals surface area (Å²) in [6.07, 6.45) is -0.274. The average molecular weight is 250 g/mol. The Morgan fingerprint density at radius 3 is 2.39 bits per heavy atom. The standard InChI is InChI=1S/C13H18N2O3/c1-4-12(16)14-10-6-5-7-11(8-10)15-13(17)18-9(2)3/h5-9H,4H2,1-3H3,(H,14,16)(H,15,17). The molecule has 5 nitrogen and oxygen atoms in total. The van der Waals surface area contributed by atoms with E-state index in [9.17, 15) is 9.59 Å². The largest absolute Gasteiger partial charge is 0.447 e. The van der Waals surface area contributed by atoms with Crippen molar-refractivity contribution in [3.05, 3.63) is 24.3 Å². The highest BCUT2D eigenvalue weighted by molar-refractivity contribution is 5.92. The van der Waals surface area contributed by atoms with Gasteiger partial charge in [-0.05, 0) is 32.0 Å². The van der Waals surface area contributed by atoms with Crippen LogP contribution < -0.4 is 10.6 Å². The molecule has 0 saturated carbocycles. The summed E-state index contributed by atoms with van der Waals surface area (Å²) in [5, 5.41) is 5.31. The van der Waals surface area contributed by atoms with E-state index in [0.717, 1.165) is 0 Å². The number of carbonyl (C=O) groups excluding carboxylic acids is 2. The molecule has 0 spiro atoms. The Hall–Kier alpha value is -2.04. The van der Waals surface area contributed by atoms with E-state index in [0.29, 0.717) is 17.8 Å². The summed E-state index contributed by atoms with van der Waals surface area (Å²) in [5.41, 5.74) is 1.22. The molecule has 18 heavy (non-hydrogen) atoms. The summed E-state index contributed by atoms with van der Waals surface area (Å²) < 4.78 is 4.96. The van der Waals surface area contributed by atoms with Crippen LogP contribution in [0.5, 0.6) is 0 Å². The van der Waals surface area contributed by atoms with Crippen LogP contribution in [0.3, 0.4) is 0 Å². The molecule has 0 aliphatic carbocycles. The second-order valence-corrected chi connectivity index (χ2v) is 4.06. The number of nitrogens with one attached hydrogen (secondary N) is 2. The number of rotatable bonds is 4. The van der Waals surface area contributed by atoms with Gasteiger partial charge in [0.25, 0.3) is 0 Å². The number of anilines is 2. The summed E-state index contributed by atoms with van der Waals surface area (Å²) in [7, 11) is 0. The predicted molar refractivity (Wildman–Crippen MR) is 70.6 cm³/mol. The van der Waals surface area contributed by atoms with Crippen molar-refractivity contribution in [1.29, 1.82) is 0 Å². The molecule has 1 rings (SSSR count). The van der Waals surface area contributed by atoms with Gasteiger partial charge in [0.05, 0.1) is 6.10 Å². The highest BCUT2D eigenvalue weighted by Crippen LogP contribution is 2.15. The van der Waals surface area contributed by atoms with E-state index in [1.807, 2.05) is 0 Å². The Balaban J connectivity index is 2.64. The van der Waals surface area contributed by atoms with Crippen LogP contribution in [0, 0.1) is 0 Å². The van der Waals surface area contributed by atoms with Gasteiger partial charge in [0, 0.05) is 17.8 Å². The third kappa shape index (κ3) is 4.86. The van der Waals surface area contributed by atoms with Crippen molar-refractivity contribution in [2.75, 3.05) is 10.6 Å². The Labute approximate surface area is 107 Å². The van der Waals surface area contributed by atoms with Gasteiger partial charge in [-0.1, -0.05) is 13.0 Å². The normalized spacial score (nSPS) is 10.0. The van der Waals surface area contributed by atoms with Crippen molar-refractivity contribution >= 4 is 23.4 Å². The zero-order chi connectivity index (χ0) is 13.5. The lowest BCUT2D eigenvalue weighted by Gasteiger charge is -2.10. The lowest BCUT2D eigenvalue weighted by molar-refractivity contribution is -0.115. The first-order valence-corrected chi connectivity index (χ1v) is 5.88. The molecule has 0 saturated heterocycles. The highest BCUT2D eigenvalue weighted by atomic mass is 16.6. The van der Waals surface area contributed by atoms with Crippen LogP contribution >= 0.6 is 0 Å². The van der Waals surface area contributed by atoms with Crippen molar-refractivity contribution in [1.82, 2.24) is 0 Å². The van der Waals surface area contributed by atoms with Crippen molar-refractivity contribution in [3.63, 3.8) is 0 Å². The fourth-order valence-electron chi connectivity index (χ4n) is 1.29. The molecule has 5 heteroatoms. The molecule has 0 aliphatic heterocycles. The molecule has 2 N–H and O–H groups in total. The first kappa shape index (κ1) is 14.0. The molecule has 0 aromatic heterocycles. The first-order chi connectivity index (χ1) is 8.51. The lowest BCUT2D eigenvalue weighted by atomic mass is 10.2. The number of amides is 2. The van der Waals surface area contributed by atoms with Crippen molar-refractivity contribution in [2.45, 2.75) is 33.3 Å². The smallest absolute Gasteiger partial charge is 0.411 e. The summed E-state index contributed by atoms with van der Waals surface area (Å²) in [4.78, 5) is 22.6. The van der Waals surface area contributed by atoms with E-state index in [4.69, 9.17) is 4.74 Å². The number of benzene rings is 1. The molecular weight excluding hydrogens is 232 g/mol. The SMILES string of the molecule is CCC(=O)Nc1cccc(NC(=O)OC(C)C)c1. The van der Waals surface area contributed by atoms with Crippen molar-refractivity contribution in [2.24, 2.45) is 0 Å². The zero-order valence-electron chi connectivity index (χ0n) is 10.8. The van der Waals surface area contributed by atoms with E-state index in [-0.39, 0.29) is 12.0 Å². The van der Waals surface area contributed by atoms with Gasteiger partial charge in [-0.25, -0.2) is 4.79 Å². The summed E-state index contributed by atoms with van der Waals surface area (Å²) in [6.45, 7) is 5.33. The van der Waals surface area contributed by atoms with Crippen LogP contribution in [0.15, 0.2) is 24.3 Å². The van der Waals surface area contributed by atoms with Gasteiger partial charge >= 0.3 is 6.09 Å². The number of ether oxygens (including phenoxy) is 1. The predicted octanol–water partition coefficient (Wildman–Crippen LogP) is 2.99. The van der Waals surface area contributed by atoms with Crippen LogP contribution in [0.2, 0.25) is 0 Å². The average Bonchev–Trinajstić information content (AvgIpc) is 2.28. The zero-order valence-corrected chi connectivity index (χ0v) is 10.8. The van der Waals surface area contributed by atoms with Gasteiger partial charge in [-0.15, -0.1) is 0 Å². The molecule has 2 amide bonds. The van der Waals surface area contributed by atoms with Crippen molar-refractivity contribution < 1.29 is 14.3 Å². The quantitative estimate of drug-likeness (QED) is 0.863. The molecular formula is C13H18N2O3. The fraction of sp³-hybridized carbons (Fsp3) is 0.385. The van der Waals surface area contributed by atoms with E-state index < -0.39 is 6.09 Å². The minimum absolute atomic E-state index is 0.0723. The maximum Gasteiger partial charge on any atom is 0.411 e. The minimum atomic E-state index is -0.510. The summed E-state index contributed by atoms with van der Waals surface area (Å²) in [6, 6.07) is 6.90. The number of hydrogen-bond acceptors (Lipinski definition) is 3. The molecule has 0 aliphatic rings. The molecule has 0 fully saturated rings. The Morgan fingerprint density at radius 1 is 1.22 bits per heavy atom. The highest BCUT2D eigenvalue weighted by Gasteiger charge is 2.06. The van der Waals surface area contributed by atoms with Gasteiger partial charge in [0.2, 0.25) is 5.91 Å². The van der Waals surface area contributed by atoms with Crippen molar-refractivity contribution in [3.8, 4) is 0 Å². The van der Waals surface area contributed by atoms with Crippen LogP contribution in [0.1, 0.15) is 27.2 Å². The molecule has 1 aromatic carbocycles. The van der Waals surface area contributed by atoms with E-state index in [1.54, 1.807) is 45.0 Å². The molecule has 1 aromatic rings. The molecule has 0 heterocycles.